The van der Waals surface area contributed by atoms with Gasteiger partial charge in [-0.1, -0.05) is 0 Å². The van der Waals surface area contributed by atoms with E-state index in [4.69, 9.17) is 0 Å². The molecule has 1 heterocycles. The van der Waals surface area contributed by atoms with E-state index in [-0.39, 0.29) is 14.5 Å². The number of hydrogen-bond donors (Lipinski definition) is 0. The first-order chi connectivity index (χ1) is 28.3. The second-order valence-electron chi connectivity index (χ2n) is 17.5. The fourth-order valence-corrected chi connectivity index (χ4v) is 15.2. The molecule has 4 aliphatic rings. The maximum atomic E-state index is 2.55. The SMILES string of the molecule is c1ccc(-c2c3ccccc3c(-c3cccc4c3[se]c3ccc(-c5c6ccccc6c(C6C7CC8CC(C7)CC6C8)c6ccccc56)cc34)c3ccccc23)cc1. The number of rotatable bonds is 4. The molecule has 4 bridgehead atoms. The van der Waals surface area contributed by atoms with Crippen LogP contribution in [0.15, 0.2) is 164 Å². The zero-order chi connectivity index (χ0) is 37.2. The van der Waals surface area contributed by atoms with Gasteiger partial charge in [-0.05, 0) is 6.42 Å². The zero-order valence-electron chi connectivity index (χ0n) is 31.9. The van der Waals surface area contributed by atoms with Gasteiger partial charge in [-0.2, -0.15) is 0 Å². The van der Waals surface area contributed by atoms with E-state index in [9.17, 15) is 0 Å². The second kappa shape index (κ2) is 12.5. The van der Waals surface area contributed by atoms with Gasteiger partial charge in [-0.3, -0.25) is 0 Å². The summed E-state index contributed by atoms with van der Waals surface area (Å²) in [5, 5.41) is 13.9. The Morgan fingerprint density at radius 2 is 0.825 bits per heavy atom. The van der Waals surface area contributed by atoms with Crippen LogP contribution in [0.1, 0.15) is 43.6 Å². The van der Waals surface area contributed by atoms with Gasteiger partial charge in [-0.25, -0.2) is 0 Å². The van der Waals surface area contributed by atoms with E-state index in [1.165, 1.54) is 128 Å². The summed E-state index contributed by atoms with van der Waals surface area (Å²) >= 11 is 0.188. The van der Waals surface area contributed by atoms with Crippen molar-refractivity contribution in [3.63, 3.8) is 0 Å². The Balaban J connectivity index is 1.03. The van der Waals surface area contributed by atoms with E-state index in [1.807, 2.05) is 0 Å². The number of fused-ring (bicyclic) bond motifs is 7. The minimum absolute atomic E-state index is 0.188. The van der Waals surface area contributed by atoms with E-state index in [0.29, 0.717) is 5.92 Å². The van der Waals surface area contributed by atoms with Crippen LogP contribution in [0.4, 0.5) is 0 Å². The Bertz CT molecular complexity index is 3110. The van der Waals surface area contributed by atoms with E-state index in [0.717, 1.165) is 23.7 Å². The molecule has 0 aliphatic heterocycles. The molecule has 0 radical (unpaired) electrons. The van der Waals surface area contributed by atoms with Crippen LogP contribution in [-0.2, 0) is 0 Å². The van der Waals surface area contributed by atoms with E-state index in [2.05, 4.69) is 164 Å². The summed E-state index contributed by atoms with van der Waals surface area (Å²) in [6, 6.07) is 62.6. The number of benzene rings is 9. The van der Waals surface area contributed by atoms with Gasteiger partial charge >= 0.3 is 335 Å². The summed E-state index contributed by atoms with van der Waals surface area (Å²) in [7, 11) is 0. The molecule has 1 heteroatoms. The zero-order valence-corrected chi connectivity index (χ0v) is 33.6. The predicted molar refractivity (Wildman–Crippen MR) is 245 cm³/mol. The summed E-state index contributed by atoms with van der Waals surface area (Å²) < 4.78 is 2.99. The Hall–Kier alpha value is -5.46. The third-order valence-electron chi connectivity index (χ3n) is 14.6. The van der Waals surface area contributed by atoms with Gasteiger partial charge in [0.1, 0.15) is 0 Å². The van der Waals surface area contributed by atoms with E-state index in [1.54, 1.807) is 5.56 Å². The summed E-state index contributed by atoms with van der Waals surface area (Å²) in [6.45, 7) is 0. The second-order valence-corrected chi connectivity index (χ2v) is 19.7. The van der Waals surface area contributed by atoms with Gasteiger partial charge < -0.3 is 0 Å². The monoisotopic (exact) mass is 794 g/mol. The molecule has 4 saturated carbocycles. The van der Waals surface area contributed by atoms with Crippen molar-refractivity contribution < 1.29 is 0 Å². The van der Waals surface area contributed by atoms with Gasteiger partial charge in [0.2, 0.25) is 0 Å². The summed E-state index contributed by atoms with van der Waals surface area (Å²) in [5.74, 6) is 4.32. The van der Waals surface area contributed by atoms with Crippen LogP contribution in [0.5, 0.6) is 0 Å². The average Bonchev–Trinajstić information content (AvgIpc) is 3.63. The van der Waals surface area contributed by atoms with Gasteiger partial charge in [0.05, 0.1) is 0 Å². The van der Waals surface area contributed by atoms with Crippen LogP contribution in [0, 0.1) is 23.7 Å². The van der Waals surface area contributed by atoms with Crippen molar-refractivity contribution in [2.24, 2.45) is 23.7 Å². The van der Waals surface area contributed by atoms with Crippen molar-refractivity contribution >= 4 is 76.9 Å². The first kappa shape index (κ1) is 32.6. The molecule has 9 aromatic carbocycles. The Morgan fingerprint density at radius 3 is 1.40 bits per heavy atom. The molecule has 0 unspecified atom stereocenters. The quantitative estimate of drug-likeness (QED) is 0.123. The van der Waals surface area contributed by atoms with Crippen LogP contribution in [0.25, 0.3) is 95.8 Å². The van der Waals surface area contributed by atoms with Crippen LogP contribution >= 0.6 is 0 Å². The van der Waals surface area contributed by atoms with Gasteiger partial charge in [0.25, 0.3) is 0 Å². The van der Waals surface area contributed by atoms with Gasteiger partial charge in [0, 0.05) is 0 Å². The molecule has 57 heavy (non-hydrogen) atoms. The summed E-state index contributed by atoms with van der Waals surface area (Å²) in [5.41, 5.74) is 9.75. The van der Waals surface area contributed by atoms with Gasteiger partial charge in [0.15, 0.2) is 0 Å². The van der Waals surface area contributed by atoms with Gasteiger partial charge in [-0.15, -0.1) is 0 Å². The molecule has 0 spiro atoms. The molecule has 1 aromatic heterocycles. The topological polar surface area (TPSA) is 0 Å². The van der Waals surface area contributed by atoms with Crippen molar-refractivity contribution in [2.75, 3.05) is 0 Å². The predicted octanol–water partition coefficient (Wildman–Crippen LogP) is 15.2. The molecule has 272 valence electrons. The van der Waals surface area contributed by atoms with E-state index >= 15 is 0 Å². The first-order valence-electron chi connectivity index (χ1n) is 21.1. The molecule has 10 aromatic rings. The van der Waals surface area contributed by atoms with Crippen LogP contribution in [0.2, 0.25) is 0 Å². The molecule has 4 fully saturated rings. The van der Waals surface area contributed by atoms with Crippen LogP contribution in [-0.4, -0.2) is 14.5 Å². The Kier molecular flexibility index (Phi) is 7.16. The Labute approximate surface area is 339 Å². The summed E-state index contributed by atoms with van der Waals surface area (Å²) in [4.78, 5) is 0. The van der Waals surface area contributed by atoms with Crippen molar-refractivity contribution in [1.29, 1.82) is 0 Å². The third-order valence-corrected chi connectivity index (χ3v) is 17.1. The molecule has 0 nitrogen and oxygen atoms in total. The molecule has 0 saturated heterocycles. The van der Waals surface area contributed by atoms with Crippen molar-refractivity contribution in [1.82, 2.24) is 0 Å². The fraction of sp³-hybridized carbons (Fsp3) is 0.179. The van der Waals surface area contributed by atoms with E-state index < -0.39 is 0 Å². The van der Waals surface area contributed by atoms with Crippen LogP contribution in [0.3, 0.4) is 0 Å². The maximum absolute atomic E-state index is 2.55. The van der Waals surface area contributed by atoms with Crippen molar-refractivity contribution in [3.8, 4) is 33.4 Å². The summed E-state index contributed by atoms with van der Waals surface area (Å²) in [6.07, 6.45) is 7.27. The normalized spacial score (nSPS) is 21.5. The number of hydrogen-bond acceptors (Lipinski definition) is 0. The van der Waals surface area contributed by atoms with Crippen molar-refractivity contribution in [2.45, 2.75) is 38.0 Å². The van der Waals surface area contributed by atoms with Crippen LogP contribution < -0.4 is 0 Å². The molecule has 4 aliphatic carbocycles. The standard InChI is InChI=1S/C56H42Se/c1-2-13-35(14-3-1)52-39-15-4-8-19-43(39)54(44-20-9-5-16-40(44)52)48-24-12-23-47-49-32-36(25-26-50(49)57-56(47)48)53-41-17-6-10-21-45(41)55(46-22-11-7-18-42(46)53)51-37-28-33-27-34(30-37)31-38(51)29-33/h1-26,32-34,37-38,51H,27-31H2. The molecule has 14 rings (SSSR count). The van der Waals surface area contributed by atoms with Crippen molar-refractivity contribution in [3.05, 3.63) is 169 Å². The third kappa shape index (κ3) is 4.80. The Morgan fingerprint density at radius 1 is 0.351 bits per heavy atom. The fourth-order valence-electron chi connectivity index (χ4n) is 12.7. The first-order valence-corrected chi connectivity index (χ1v) is 22.9. The molecule has 0 atom stereocenters. The molecular formula is C56H42Se. The minimum atomic E-state index is 0.188. The average molecular weight is 794 g/mol. The molecule has 0 N–H and O–H groups in total. The molecular weight excluding hydrogens is 752 g/mol. The molecule has 0 amide bonds.